The molecule has 24 heteroatoms. The third-order valence-electron chi connectivity index (χ3n) is 13.7. The van der Waals surface area contributed by atoms with Gasteiger partial charge in [0, 0.05) is 97.2 Å². The normalized spacial score (nSPS) is 18.3. The van der Waals surface area contributed by atoms with Crippen LogP contribution in [-0.2, 0) is 57.2 Å². The van der Waals surface area contributed by atoms with Gasteiger partial charge in [-0.25, -0.2) is 19.2 Å². The van der Waals surface area contributed by atoms with Crippen LogP contribution in [0.5, 0.6) is 0 Å². The summed E-state index contributed by atoms with van der Waals surface area (Å²) in [6.45, 7) is 23.0. The quantitative estimate of drug-likeness (QED) is 0.00843. The number of hydrogen-bond donors (Lipinski definition) is 6. The molecule has 6 N–H and O–H groups in total. The molecule has 0 spiro atoms. The van der Waals surface area contributed by atoms with E-state index in [1.165, 1.54) is 38.8 Å². The van der Waals surface area contributed by atoms with Crippen LogP contribution in [0.1, 0.15) is 134 Å². The van der Waals surface area contributed by atoms with Gasteiger partial charge >= 0.3 is 24.1 Å². The van der Waals surface area contributed by atoms with E-state index >= 15 is 0 Å². The average molecular weight is 1360 g/mol. The van der Waals surface area contributed by atoms with E-state index in [4.69, 9.17) is 51.6 Å². The number of alkyl carbamates (subject to hydrolysis) is 2. The molecule has 8 atom stereocenters. The van der Waals surface area contributed by atoms with E-state index in [0.29, 0.717) is 61.7 Å². The molecule has 2 aliphatic rings. The van der Waals surface area contributed by atoms with E-state index in [0.717, 1.165) is 22.7 Å². The van der Waals surface area contributed by atoms with Gasteiger partial charge in [0.2, 0.25) is 23.6 Å². The standard InChI is InChI=1S/C68H98Cl2N6O14S2/c1-45(43-47(3)53-33-35-55(85-13)63(81)89-53)23-15-17-27-57(77)75-59(67(7,8)9)61(79)71-37-19-25-51(31-29-49(5)69)87-65(83)73-39-21-41-91-92-42-22-40-74-66(84)88-52(32-30-50(6)70)26-20-38-72-62(80)60(68(10,11)12)76-58(78)28-18-16-24-46(2)44-48(4)54-34-36-56(86-14)64(82)90-54/h15-20,23-24,27-30,35-38,43-44,47-48,51-54,59-60H,21-22,25-26,31-34,39-42H2,1-14H3,(H,71,79)(H,72,80)(H,73,83)(H,74,84)(H,75,77)(H,76,78)/b23-15-,24-16-,27-17-,28-18-,37-19-,38-20-,45-43+,46-44+,49-29+,50-30+/t47-,48-,51+,52+,53-,54-,59+,60+/m0/s1. The fourth-order valence-electron chi connectivity index (χ4n) is 8.67. The number of carbonyl (C=O) groups is 8. The van der Waals surface area contributed by atoms with Crippen molar-refractivity contribution in [3.05, 3.63) is 142 Å². The van der Waals surface area contributed by atoms with E-state index in [2.05, 4.69) is 31.9 Å². The lowest BCUT2D eigenvalue weighted by molar-refractivity contribution is -0.152. The zero-order valence-electron chi connectivity index (χ0n) is 55.8. The Morgan fingerprint density at radius 2 is 0.946 bits per heavy atom. The molecule has 0 unspecified atom stereocenters. The van der Waals surface area contributed by atoms with E-state index < -0.39 is 82.9 Å². The maximum Gasteiger partial charge on any atom is 0.407 e. The molecule has 92 heavy (non-hydrogen) atoms. The van der Waals surface area contributed by atoms with E-state index in [1.54, 1.807) is 96.2 Å². The Kier molecular flexibility index (Phi) is 38.7. The molecule has 0 saturated heterocycles. The molecular formula is C68H98Cl2N6O14S2. The van der Waals surface area contributed by atoms with Crippen LogP contribution in [0.15, 0.2) is 142 Å². The largest absolute Gasteiger partial charge is 0.490 e. The zero-order chi connectivity index (χ0) is 68.8. The van der Waals surface area contributed by atoms with Crippen molar-refractivity contribution in [3.8, 4) is 0 Å². The predicted octanol–water partition coefficient (Wildman–Crippen LogP) is 12.6. The lowest BCUT2D eigenvalue weighted by Crippen LogP contribution is -2.52. The molecule has 0 radical (unpaired) electrons. The van der Waals surface area contributed by atoms with Crippen molar-refractivity contribution in [2.45, 2.75) is 171 Å². The molecular weight excluding hydrogens is 1260 g/mol. The number of allylic oxidation sites excluding steroid dienone is 10. The Balaban J connectivity index is 1.75. The smallest absolute Gasteiger partial charge is 0.407 e. The minimum Gasteiger partial charge on any atom is -0.490 e. The van der Waals surface area contributed by atoms with Gasteiger partial charge in [0.15, 0.2) is 11.5 Å². The van der Waals surface area contributed by atoms with Gasteiger partial charge < -0.3 is 60.3 Å². The third-order valence-corrected chi connectivity index (χ3v) is 16.6. The van der Waals surface area contributed by atoms with Crippen LogP contribution in [0.4, 0.5) is 9.59 Å². The summed E-state index contributed by atoms with van der Waals surface area (Å²) in [6, 6.07) is -1.76. The third kappa shape index (κ3) is 35.2. The number of cyclic esters (lactones) is 2. The number of methoxy groups -OCH3 is 2. The number of amides is 6. The van der Waals surface area contributed by atoms with Crippen molar-refractivity contribution in [1.29, 1.82) is 0 Å². The summed E-state index contributed by atoms with van der Waals surface area (Å²) in [4.78, 5) is 102. The first-order valence-corrected chi connectivity index (χ1v) is 33.9. The summed E-state index contributed by atoms with van der Waals surface area (Å²) in [5.74, 6) is -0.931. The monoisotopic (exact) mass is 1360 g/mol. The van der Waals surface area contributed by atoms with E-state index in [1.807, 2.05) is 93.5 Å². The summed E-state index contributed by atoms with van der Waals surface area (Å²) in [5, 5.41) is 17.7. The molecule has 0 fully saturated rings. The van der Waals surface area contributed by atoms with Crippen molar-refractivity contribution >= 4 is 92.5 Å². The minimum atomic E-state index is -0.880. The van der Waals surface area contributed by atoms with Crippen molar-refractivity contribution in [2.75, 3.05) is 38.8 Å². The highest BCUT2D eigenvalue weighted by Crippen LogP contribution is 2.26. The number of carbonyl (C=O) groups excluding carboxylic acids is 8. The first-order chi connectivity index (χ1) is 43.4. The summed E-state index contributed by atoms with van der Waals surface area (Å²) in [7, 11) is 6.14. The molecule has 0 aromatic rings. The first-order valence-electron chi connectivity index (χ1n) is 30.7. The number of halogens is 2. The second kappa shape index (κ2) is 43.9. The fraction of sp³-hybridized carbons (Fsp3) is 0.529. The molecule has 2 aliphatic heterocycles. The fourth-order valence-corrected chi connectivity index (χ4v) is 11.0. The van der Waals surface area contributed by atoms with E-state index in [9.17, 15) is 38.4 Å². The highest BCUT2D eigenvalue weighted by Gasteiger charge is 2.34. The molecule has 0 bridgehead atoms. The average Bonchev–Trinajstić information content (AvgIpc) is 0.962. The summed E-state index contributed by atoms with van der Waals surface area (Å²) in [6.07, 6.45) is 30.8. The minimum absolute atomic E-state index is 0.0537. The number of hydrogen-bond acceptors (Lipinski definition) is 16. The Morgan fingerprint density at radius 1 is 0.587 bits per heavy atom. The van der Waals surface area contributed by atoms with Crippen molar-refractivity contribution < 1.29 is 66.8 Å². The van der Waals surface area contributed by atoms with Gasteiger partial charge in [0.25, 0.3) is 0 Å². The summed E-state index contributed by atoms with van der Waals surface area (Å²) in [5.41, 5.74) is 0.549. The van der Waals surface area contributed by atoms with Gasteiger partial charge in [0.1, 0.15) is 36.5 Å². The number of rotatable bonds is 37. The second-order valence-electron chi connectivity index (χ2n) is 24.1. The zero-order valence-corrected chi connectivity index (χ0v) is 58.9. The number of esters is 2. The highest BCUT2D eigenvalue weighted by atomic mass is 35.5. The number of nitrogens with one attached hydrogen (secondary N) is 6. The first kappa shape index (κ1) is 81.2. The molecule has 0 aromatic carbocycles. The lowest BCUT2D eigenvalue weighted by Gasteiger charge is -2.29. The van der Waals surface area contributed by atoms with Gasteiger partial charge in [-0.3, -0.25) is 19.2 Å². The molecule has 510 valence electrons. The molecule has 2 rings (SSSR count). The Morgan fingerprint density at radius 3 is 1.27 bits per heavy atom. The van der Waals surface area contributed by atoms with Crippen LogP contribution in [0.25, 0.3) is 0 Å². The molecule has 2 heterocycles. The van der Waals surface area contributed by atoms with Crippen molar-refractivity contribution in [3.63, 3.8) is 0 Å². The van der Waals surface area contributed by atoms with Crippen LogP contribution in [0, 0.1) is 22.7 Å². The van der Waals surface area contributed by atoms with Gasteiger partial charge in [-0.2, -0.15) is 0 Å². The molecule has 0 aliphatic carbocycles. The Hall–Kier alpha value is -6.88. The van der Waals surface area contributed by atoms with Crippen LogP contribution in [0.3, 0.4) is 0 Å². The van der Waals surface area contributed by atoms with Crippen molar-refractivity contribution in [1.82, 2.24) is 31.9 Å². The number of ether oxygens (including phenoxy) is 6. The van der Waals surface area contributed by atoms with Crippen LogP contribution in [0.2, 0.25) is 0 Å². The van der Waals surface area contributed by atoms with Crippen LogP contribution >= 0.6 is 44.8 Å². The summed E-state index contributed by atoms with van der Waals surface area (Å²) < 4.78 is 32.4. The Bertz CT molecular complexity index is 2650. The summed E-state index contributed by atoms with van der Waals surface area (Å²) >= 11 is 12.2. The Labute approximate surface area is 562 Å². The molecule has 20 nitrogen and oxygen atoms in total. The lowest BCUT2D eigenvalue weighted by atomic mass is 9.86. The second-order valence-corrected chi connectivity index (χ2v) is 28.0. The topological polar surface area (TPSA) is 264 Å². The maximum absolute atomic E-state index is 13.3. The van der Waals surface area contributed by atoms with Crippen molar-refractivity contribution in [2.24, 2.45) is 22.7 Å². The van der Waals surface area contributed by atoms with E-state index in [-0.39, 0.29) is 48.4 Å². The van der Waals surface area contributed by atoms with Gasteiger partial charge in [-0.1, -0.05) is 184 Å². The van der Waals surface area contributed by atoms with Gasteiger partial charge in [-0.05, 0) is 75.9 Å². The molecule has 0 aromatic heterocycles. The van der Waals surface area contributed by atoms with Crippen LogP contribution < -0.4 is 31.9 Å². The SMILES string of the molecule is COC1=CC[C@@H]([C@@H](C)/C=C(C)/C=C\C=C/C(=O)N[C@H](C(=O)N/C=C\C[C@H](C/C=C(\C)Cl)OC(=O)NCCCSSCCCNC(=O)O[C@H](C/C=C\NC(=O)[C@@H](NC(=O)\C=C/C=C\C(C)=C\[C@H](C)[C@@H]2CC=C(OC)C(=O)O2)C(C)(C)C)C/C=C(\C)Cl)C(C)(C)C)OC1=O. The van der Waals surface area contributed by atoms with Crippen LogP contribution in [-0.4, -0.2) is 123 Å². The predicted molar refractivity (Wildman–Crippen MR) is 367 cm³/mol. The van der Waals surface area contributed by atoms with Gasteiger partial charge in [-0.15, -0.1) is 0 Å². The highest BCUT2D eigenvalue weighted by molar-refractivity contribution is 8.76. The molecule has 0 saturated carbocycles. The molecule has 6 amide bonds. The van der Waals surface area contributed by atoms with Gasteiger partial charge in [0.05, 0.1) is 14.2 Å². The maximum atomic E-state index is 13.3.